The number of carbonyl (C=O) groups is 2. The lowest BCUT2D eigenvalue weighted by Crippen LogP contribution is -2.37. The van der Waals surface area contributed by atoms with Crippen LogP contribution in [0.4, 0.5) is 5.69 Å². The van der Waals surface area contributed by atoms with Gasteiger partial charge < -0.3 is 15.0 Å². The van der Waals surface area contributed by atoms with Gasteiger partial charge in [-0.2, -0.15) is 0 Å². The summed E-state index contributed by atoms with van der Waals surface area (Å²) in [6.07, 6.45) is 0.0295. The zero-order valence-corrected chi connectivity index (χ0v) is 18.6. The number of methoxy groups -OCH3 is 1. The first-order valence-corrected chi connectivity index (χ1v) is 10.4. The Morgan fingerprint density at radius 3 is 2.41 bits per heavy atom. The molecule has 2 aromatic carbocycles. The van der Waals surface area contributed by atoms with Crippen molar-refractivity contribution in [2.24, 2.45) is 0 Å². The number of anilines is 1. The molecule has 1 N–H and O–H groups in total. The summed E-state index contributed by atoms with van der Waals surface area (Å²) >= 11 is 8.90. The molecular formula is C21H22BrN3O3S. The van der Waals surface area contributed by atoms with E-state index >= 15 is 0 Å². The van der Waals surface area contributed by atoms with Crippen molar-refractivity contribution >= 4 is 50.8 Å². The standard InChI is InChI=1S/C21H22BrN3O3S/c1-3-24-20(27)18(12-19(26)23-16-8-6-15(22)7-9-16)25(21(24)29)13-14-4-10-17(28-2)11-5-14/h4-11,18H,3,12-13H2,1-2H3,(H,23,26)/t18-/m1/s1. The monoisotopic (exact) mass is 475 g/mol. The van der Waals surface area contributed by atoms with Crippen molar-refractivity contribution in [2.75, 3.05) is 19.0 Å². The zero-order valence-electron chi connectivity index (χ0n) is 16.2. The molecule has 3 rings (SSSR count). The molecule has 0 bridgehead atoms. The number of hydrogen-bond acceptors (Lipinski definition) is 4. The molecule has 6 nitrogen and oxygen atoms in total. The minimum atomic E-state index is -0.625. The van der Waals surface area contributed by atoms with Crippen molar-refractivity contribution in [3.63, 3.8) is 0 Å². The first kappa shape index (κ1) is 21.3. The average Bonchev–Trinajstić information content (AvgIpc) is 2.93. The maximum Gasteiger partial charge on any atom is 0.252 e. The summed E-state index contributed by atoms with van der Waals surface area (Å²) < 4.78 is 6.12. The number of amides is 2. The Morgan fingerprint density at radius 2 is 1.83 bits per heavy atom. The minimum Gasteiger partial charge on any atom is -0.497 e. The number of ether oxygens (including phenoxy) is 1. The van der Waals surface area contributed by atoms with E-state index in [9.17, 15) is 9.59 Å². The van der Waals surface area contributed by atoms with Gasteiger partial charge in [0.15, 0.2) is 5.11 Å². The second kappa shape index (κ2) is 9.37. The molecule has 0 aromatic heterocycles. The molecule has 1 aliphatic rings. The smallest absolute Gasteiger partial charge is 0.252 e. The number of benzene rings is 2. The van der Waals surface area contributed by atoms with Crippen LogP contribution in [0.5, 0.6) is 5.75 Å². The van der Waals surface area contributed by atoms with Gasteiger partial charge in [0.05, 0.1) is 13.5 Å². The summed E-state index contributed by atoms with van der Waals surface area (Å²) in [5, 5.41) is 3.30. The maximum absolute atomic E-state index is 12.9. The Hall–Kier alpha value is -2.45. The van der Waals surface area contributed by atoms with Crippen molar-refractivity contribution in [1.29, 1.82) is 0 Å². The van der Waals surface area contributed by atoms with Crippen LogP contribution in [0.3, 0.4) is 0 Å². The van der Waals surface area contributed by atoms with Crippen molar-refractivity contribution in [3.05, 3.63) is 58.6 Å². The van der Waals surface area contributed by atoms with Gasteiger partial charge in [0.1, 0.15) is 11.8 Å². The highest BCUT2D eigenvalue weighted by Crippen LogP contribution is 2.25. The second-order valence-corrected chi connectivity index (χ2v) is 7.90. The van der Waals surface area contributed by atoms with Gasteiger partial charge in [-0.05, 0) is 61.1 Å². The lowest BCUT2D eigenvalue weighted by Gasteiger charge is -2.24. The first-order valence-electron chi connectivity index (χ1n) is 9.23. The van der Waals surface area contributed by atoms with Crippen LogP contribution in [0.25, 0.3) is 0 Å². The van der Waals surface area contributed by atoms with Gasteiger partial charge in [-0.25, -0.2) is 0 Å². The molecule has 29 heavy (non-hydrogen) atoms. The molecule has 1 aliphatic heterocycles. The Balaban J connectivity index is 1.75. The number of carbonyl (C=O) groups excluding carboxylic acids is 2. The van der Waals surface area contributed by atoms with Crippen LogP contribution in [-0.2, 0) is 16.1 Å². The maximum atomic E-state index is 12.9. The molecule has 0 radical (unpaired) electrons. The Bertz CT molecular complexity index is 902. The predicted octanol–water partition coefficient (Wildman–Crippen LogP) is 3.80. The van der Waals surface area contributed by atoms with Crippen molar-refractivity contribution < 1.29 is 14.3 Å². The van der Waals surface area contributed by atoms with Crippen LogP contribution in [0, 0.1) is 0 Å². The van der Waals surface area contributed by atoms with Crippen LogP contribution in [0.15, 0.2) is 53.0 Å². The van der Waals surface area contributed by atoms with Gasteiger partial charge in [0.2, 0.25) is 5.91 Å². The third-order valence-electron chi connectivity index (χ3n) is 4.74. The molecule has 1 fully saturated rings. The summed E-state index contributed by atoms with van der Waals surface area (Å²) in [5.74, 6) is 0.387. The van der Waals surface area contributed by atoms with Gasteiger partial charge in [0, 0.05) is 23.2 Å². The SMILES string of the molecule is CCN1C(=O)[C@@H](CC(=O)Nc2ccc(Br)cc2)N(Cc2ccc(OC)cc2)C1=S. The van der Waals surface area contributed by atoms with E-state index in [4.69, 9.17) is 17.0 Å². The van der Waals surface area contributed by atoms with Gasteiger partial charge in [-0.3, -0.25) is 14.5 Å². The number of likely N-dealkylation sites (N-methyl/N-ethyl adjacent to an activating group) is 1. The molecule has 152 valence electrons. The highest BCUT2D eigenvalue weighted by atomic mass is 79.9. The summed E-state index contributed by atoms with van der Waals surface area (Å²) in [6, 6.07) is 14.3. The van der Waals surface area contributed by atoms with Gasteiger partial charge in [-0.1, -0.05) is 28.1 Å². The lowest BCUT2D eigenvalue weighted by molar-refractivity contribution is -0.130. The van der Waals surface area contributed by atoms with Crippen LogP contribution in [0.2, 0.25) is 0 Å². The summed E-state index contributed by atoms with van der Waals surface area (Å²) in [7, 11) is 1.61. The van der Waals surface area contributed by atoms with Crippen molar-refractivity contribution in [1.82, 2.24) is 9.80 Å². The Kier molecular flexibility index (Phi) is 6.87. The van der Waals surface area contributed by atoms with E-state index in [1.807, 2.05) is 48.2 Å². The molecule has 0 spiro atoms. The molecule has 0 unspecified atom stereocenters. The highest BCUT2D eigenvalue weighted by molar-refractivity contribution is 9.10. The molecular weight excluding hydrogens is 454 g/mol. The number of nitrogens with one attached hydrogen (secondary N) is 1. The van der Waals surface area contributed by atoms with E-state index in [-0.39, 0.29) is 18.2 Å². The van der Waals surface area contributed by atoms with Gasteiger partial charge in [-0.15, -0.1) is 0 Å². The number of nitrogens with zero attached hydrogens (tertiary/aromatic N) is 2. The molecule has 8 heteroatoms. The van der Waals surface area contributed by atoms with Crippen LogP contribution in [-0.4, -0.2) is 46.4 Å². The molecule has 2 amide bonds. The minimum absolute atomic E-state index is 0.0295. The Labute approximate surface area is 183 Å². The first-order chi connectivity index (χ1) is 13.9. The largest absolute Gasteiger partial charge is 0.497 e. The van der Waals surface area contributed by atoms with Crippen LogP contribution < -0.4 is 10.1 Å². The van der Waals surface area contributed by atoms with Gasteiger partial charge in [0.25, 0.3) is 5.91 Å². The number of hydrogen-bond donors (Lipinski definition) is 1. The third kappa shape index (κ3) is 4.94. The molecule has 0 saturated carbocycles. The predicted molar refractivity (Wildman–Crippen MR) is 120 cm³/mol. The van der Waals surface area contributed by atoms with E-state index in [0.29, 0.717) is 23.9 Å². The quantitative estimate of drug-likeness (QED) is 0.616. The molecule has 2 aromatic rings. The zero-order chi connectivity index (χ0) is 21.0. The second-order valence-electron chi connectivity index (χ2n) is 6.62. The average molecular weight is 476 g/mol. The van der Waals surface area contributed by atoms with Crippen molar-refractivity contribution in [3.8, 4) is 5.75 Å². The summed E-state index contributed by atoms with van der Waals surface area (Å²) in [4.78, 5) is 28.8. The Morgan fingerprint density at radius 1 is 1.17 bits per heavy atom. The number of halogens is 1. The number of rotatable bonds is 7. The topological polar surface area (TPSA) is 61.9 Å². The fourth-order valence-electron chi connectivity index (χ4n) is 3.21. The summed E-state index contributed by atoms with van der Waals surface area (Å²) in [5.41, 5.74) is 1.66. The third-order valence-corrected chi connectivity index (χ3v) is 5.72. The van der Waals surface area contributed by atoms with E-state index in [1.54, 1.807) is 24.1 Å². The van der Waals surface area contributed by atoms with E-state index in [0.717, 1.165) is 15.8 Å². The molecule has 1 heterocycles. The molecule has 1 atom stereocenters. The van der Waals surface area contributed by atoms with E-state index < -0.39 is 6.04 Å². The van der Waals surface area contributed by atoms with Crippen LogP contribution >= 0.6 is 28.1 Å². The highest BCUT2D eigenvalue weighted by Gasteiger charge is 2.42. The summed E-state index contributed by atoms with van der Waals surface area (Å²) in [6.45, 7) is 2.79. The lowest BCUT2D eigenvalue weighted by atomic mass is 10.1. The molecule has 0 aliphatic carbocycles. The van der Waals surface area contributed by atoms with Gasteiger partial charge >= 0.3 is 0 Å². The number of thiocarbonyl (C=S) groups is 1. The van der Waals surface area contributed by atoms with Crippen molar-refractivity contribution in [2.45, 2.75) is 25.9 Å². The fraction of sp³-hybridized carbons (Fsp3) is 0.286. The normalized spacial score (nSPS) is 16.3. The van der Waals surface area contributed by atoms with E-state index in [1.165, 1.54) is 0 Å². The van der Waals surface area contributed by atoms with Crippen LogP contribution in [0.1, 0.15) is 18.9 Å². The van der Waals surface area contributed by atoms with E-state index in [2.05, 4.69) is 21.2 Å². The molecule has 1 saturated heterocycles. The fourth-order valence-corrected chi connectivity index (χ4v) is 3.89.